The van der Waals surface area contributed by atoms with Crippen LogP contribution >= 0.6 is 0 Å². The Labute approximate surface area is 403 Å². The minimum atomic E-state index is -0.890. The van der Waals surface area contributed by atoms with Crippen LogP contribution in [0, 0.1) is 23.7 Å². The van der Waals surface area contributed by atoms with E-state index in [1.54, 1.807) is 0 Å². The lowest BCUT2D eigenvalue weighted by Gasteiger charge is -2.31. The van der Waals surface area contributed by atoms with Crippen LogP contribution in [0.15, 0.2) is 133 Å². The average Bonchev–Trinajstić information content (AvgIpc) is 3.81. The van der Waals surface area contributed by atoms with Crippen molar-refractivity contribution in [2.45, 2.75) is 62.9 Å². The van der Waals surface area contributed by atoms with Crippen LogP contribution in [0.2, 0.25) is 0 Å². The maximum atomic E-state index is 14.4. The number of hydrogen-bond acceptors (Lipinski definition) is 8. The Kier molecular flexibility index (Phi) is 10.5. The fourth-order valence-electron chi connectivity index (χ4n) is 11.8. The number of carbonyl (C=O) groups is 4. The van der Waals surface area contributed by atoms with E-state index in [0.717, 1.165) is 79.6 Å². The number of likely N-dealkylation sites (tertiary alicyclic amines) is 2. The van der Waals surface area contributed by atoms with Crippen molar-refractivity contribution in [1.82, 2.24) is 40.4 Å². The summed E-state index contributed by atoms with van der Waals surface area (Å²) in [5.41, 5.74) is 9.03. The molecule has 2 aromatic heterocycles. The molecule has 14 heteroatoms. The number of amides is 4. The third kappa shape index (κ3) is 7.40. The summed E-state index contributed by atoms with van der Waals surface area (Å²) in [6, 6.07) is 41.9. The minimum absolute atomic E-state index is 0.0755. The highest BCUT2D eigenvalue weighted by molar-refractivity contribution is 5.94. The van der Waals surface area contributed by atoms with Gasteiger partial charge >= 0.3 is 12.2 Å². The van der Waals surface area contributed by atoms with Gasteiger partial charge < -0.3 is 39.9 Å². The first kappa shape index (κ1) is 43.3. The molecule has 8 aromatic rings. The predicted molar refractivity (Wildman–Crippen MR) is 265 cm³/mol. The van der Waals surface area contributed by atoms with Crippen LogP contribution in [0.3, 0.4) is 0 Å². The molecular weight excluding hydrogens is 881 g/mol. The molecule has 2 aliphatic carbocycles. The van der Waals surface area contributed by atoms with Gasteiger partial charge in [-0.25, -0.2) is 19.6 Å². The predicted octanol–water partition coefficient (Wildman–Crippen LogP) is 9.94. The Balaban J connectivity index is 0.782. The third-order valence-electron chi connectivity index (χ3n) is 15.6. The van der Waals surface area contributed by atoms with Crippen molar-refractivity contribution in [3.63, 3.8) is 0 Å². The number of H-pyrrole nitrogens is 2. The van der Waals surface area contributed by atoms with E-state index in [4.69, 9.17) is 19.4 Å². The smallest absolute Gasteiger partial charge is 0.407 e. The van der Waals surface area contributed by atoms with Crippen molar-refractivity contribution >= 4 is 56.8 Å². The number of ether oxygens (including phenoxy) is 2. The number of nitrogens with one attached hydrogen (secondary N) is 4. The van der Waals surface area contributed by atoms with Gasteiger partial charge in [0.05, 0.1) is 48.4 Å². The number of fused-ring (bicyclic) bond motifs is 5. The van der Waals surface area contributed by atoms with Gasteiger partial charge in [0.2, 0.25) is 0 Å². The lowest BCUT2D eigenvalue weighted by molar-refractivity contribution is -0.136. The largest absolute Gasteiger partial charge is 0.453 e. The zero-order valence-corrected chi connectivity index (χ0v) is 39.1. The van der Waals surface area contributed by atoms with Gasteiger partial charge in [-0.3, -0.25) is 9.59 Å². The van der Waals surface area contributed by atoms with E-state index in [2.05, 4.69) is 95.1 Å². The molecule has 352 valence electrons. The van der Waals surface area contributed by atoms with E-state index in [9.17, 15) is 19.2 Å². The maximum absolute atomic E-state index is 14.4. The quantitative estimate of drug-likeness (QED) is 0.105. The Morgan fingerprint density at radius 3 is 1.33 bits per heavy atom. The number of piperidine rings is 2. The second-order valence-electron chi connectivity index (χ2n) is 19.5. The average molecular weight is 933 g/mol. The minimum Gasteiger partial charge on any atom is -0.453 e. The molecule has 10 atom stereocenters. The normalized spacial score (nSPS) is 23.9. The van der Waals surface area contributed by atoms with Crippen LogP contribution in [0.5, 0.6) is 0 Å². The standard InChI is InChI=1S/C56H52N8O6/c1-29-39-27-45(63(49(29)39)53(65)47(61-55(67)69-3)31-11-7-5-8-12-31)51-57-41-21-19-37(25-43(41)59-51)35-17-15-34-24-36(18-16-33(34)23-35)38-20-22-42-44(26-38)60-52(58-42)46-28-40-30(2)50(40)64(46)54(66)48(62-56(68)70-4)32-13-9-6-10-14-32/h5-26,29-30,39-40,45-50H,27-28H2,1-4H3,(H,57,59)(H,58,60)(H,61,67)(H,62,68)/t29-,30-,39+,40+,45+,46+,47-,48+,49-,50-/m1/s1. The van der Waals surface area contributed by atoms with E-state index in [-0.39, 0.29) is 36.0 Å². The molecule has 2 saturated carbocycles. The van der Waals surface area contributed by atoms with Crippen LogP contribution in [0.25, 0.3) is 55.1 Å². The second kappa shape index (κ2) is 16.9. The summed E-state index contributed by atoms with van der Waals surface area (Å²) in [5.74, 6) is 2.60. The molecule has 6 aromatic carbocycles. The summed E-state index contributed by atoms with van der Waals surface area (Å²) in [4.78, 5) is 74.9. The van der Waals surface area contributed by atoms with Crippen molar-refractivity contribution < 1.29 is 28.7 Å². The molecular formula is C56H52N8O6. The topological polar surface area (TPSA) is 175 Å². The van der Waals surface area contributed by atoms with Crippen LogP contribution in [-0.4, -0.2) is 80.0 Å². The zero-order chi connectivity index (χ0) is 47.9. The molecule has 4 N–H and O–H groups in total. The molecule has 0 bridgehead atoms. The highest BCUT2D eigenvalue weighted by Crippen LogP contribution is 2.59. The highest BCUT2D eigenvalue weighted by Gasteiger charge is 2.62. The Morgan fingerprint density at radius 1 is 0.543 bits per heavy atom. The summed E-state index contributed by atoms with van der Waals surface area (Å²) in [7, 11) is 2.60. The number of aromatic amines is 2. The first-order valence-electron chi connectivity index (χ1n) is 24.0. The van der Waals surface area contributed by atoms with Crippen molar-refractivity contribution in [3.8, 4) is 22.3 Å². The summed E-state index contributed by atoms with van der Waals surface area (Å²) >= 11 is 0. The molecule has 0 unspecified atom stereocenters. The number of alkyl carbamates (subject to hydrolysis) is 2. The molecule has 0 spiro atoms. The number of methoxy groups -OCH3 is 2. The molecule has 4 amide bonds. The first-order chi connectivity index (χ1) is 34.1. The fourth-order valence-corrected chi connectivity index (χ4v) is 11.8. The number of carbonyl (C=O) groups excluding carboxylic acids is 4. The van der Waals surface area contributed by atoms with Crippen LogP contribution in [0.4, 0.5) is 9.59 Å². The summed E-state index contributed by atoms with van der Waals surface area (Å²) in [6.45, 7) is 4.36. The molecule has 14 nitrogen and oxygen atoms in total. The van der Waals surface area contributed by atoms with Gasteiger partial charge in [0.15, 0.2) is 0 Å². The van der Waals surface area contributed by atoms with Gasteiger partial charge in [0.25, 0.3) is 11.8 Å². The molecule has 70 heavy (non-hydrogen) atoms. The molecule has 4 heterocycles. The van der Waals surface area contributed by atoms with Crippen LogP contribution in [-0.2, 0) is 19.1 Å². The summed E-state index contributed by atoms with van der Waals surface area (Å²) < 4.78 is 9.84. The molecule has 0 radical (unpaired) electrons. The lowest BCUT2D eigenvalue weighted by atomic mass is 9.97. The van der Waals surface area contributed by atoms with Crippen molar-refractivity contribution in [2.75, 3.05) is 14.2 Å². The zero-order valence-electron chi connectivity index (χ0n) is 39.1. The van der Waals surface area contributed by atoms with Gasteiger partial charge in [-0.15, -0.1) is 0 Å². The molecule has 12 rings (SSSR count). The van der Waals surface area contributed by atoms with Crippen LogP contribution in [0.1, 0.15) is 73.6 Å². The molecule has 2 saturated heterocycles. The van der Waals surface area contributed by atoms with Gasteiger partial charge in [0, 0.05) is 12.1 Å². The van der Waals surface area contributed by atoms with Crippen molar-refractivity contribution in [3.05, 3.63) is 156 Å². The number of hydrogen-bond donors (Lipinski definition) is 4. The van der Waals surface area contributed by atoms with E-state index in [0.29, 0.717) is 34.8 Å². The molecule has 4 aliphatic rings. The van der Waals surface area contributed by atoms with Gasteiger partial charge in [0.1, 0.15) is 23.7 Å². The van der Waals surface area contributed by atoms with E-state index in [1.807, 2.05) is 82.6 Å². The Bertz CT molecular complexity index is 3150. The van der Waals surface area contributed by atoms with E-state index < -0.39 is 24.3 Å². The molecule has 2 aliphatic heterocycles. The van der Waals surface area contributed by atoms with E-state index in [1.165, 1.54) is 14.2 Å². The summed E-state index contributed by atoms with van der Waals surface area (Å²) in [5, 5.41) is 7.79. The fraction of sp³-hybridized carbons (Fsp3) is 0.286. The first-order valence-corrected chi connectivity index (χ1v) is 24.0. The van der Waals surface area contributed by atoms with Gasteiger partial charge in [-0.1, -0.05) is 111 Å². The molecule has 4 fully saturated rings. The van der Waals surface area contributed by atoms with Crippen molar-refractivity contribution in [1.29, 1.82) is 0 Å². The Morgan fingerprint density at radius 2 is 0.929 bits per heavy atom. The highest BCUT2D eigenvalue weighted by atomic mass is 16.5. The van der Waals surface area contributed by atoms with Crippen molar-refractivity contribution in [2.24, 2.45) is 23.7 Å². The van der Waals surface area contributed by atoms with Crippen LogP contribution < -0.4 is 10.6 Å². The number of rotatable bonds is 10. The maximum Gasteiger partial charge on any atom is 0.407 e. The van der Waals surface area contributed by atoms with Gasteiger partial charge in [-0.2, -0.15) is 0 Å². The SMILES string of the molecule is COC(=O)N[C@H](C(=O)N1[C@@H]2[C@H](C)[C@@H]2C[C@H]1c1nc2ccc(-c3ccc4cc(-c5ccc6nc([C@@H]7C[C@H]8[C@@H](C)[C@H]8N7C(=O)[C@H](NC(=O)OC)c7ccccc7)[nH]c6c5)ccc4c3)cc2[nH]1)c1ccccc1. The number of imidazole rings is 2. The Hall–Kier alpha value is -8.00. The lowest BCUT2D eigenvalue weighted by Crippen LogP contribution is -2.44. The summed E-state index contributed by atoms with van der Waals surface area (Å²) in [6.07, 6.45) is 0.271. The monoisotopic (exact) mass is 932 g/mol. The number of nitrogens with zero attached hydrogens (tertiary/aromatic N) is 4. The number of aromatic nitrogens is 4. The second-order valence-corrected chi connectivity index (χ2v) is 19.5. The van der Waals surface area contributed by atoms with Gasteiger partial charge in [-0.05, 0) is 117 Å². The third-order valence-corrected chi connectivity index (χ3v) is 15.6. The number of benzene rings is 6. The van der Waals surface area contributed by atoms with E-state index >= 15 is 0 Å².